The van der Waals surface area contributed by atoms with Gasteiger partial charge in [-0.1, -0.05) is 57.2 Å². The first-order chi connectivity index (χ1) is 16.8. The number of nitrogens with one attached hydrogen (secondary N) is 1. The summed E-state index contributed by atoms with van der Waals surface area (Å²) in [5.74, 6) is -0.0693. The second kappa shape index (κ2) is 10.6. The number of esters is 1. The van der Waals surface area contributed by atoms with Gasteiger partial charge in [0.1, 0.15) is 5.75 Å². The maximum absolute atomic E-state index is 12.8. The molecule has 3 rings (SSSR count). The maximum atomic E-state index is 12.8. The van der Waals surface area contributed by atoms with Crippen LogP contribution in [0.4, 0.5) is 0 Å². The molecule has 0 aliphatic heterocycles. The first kappa shape index (κ1) is 27.0. The van der Waals surface area contributed by atoms with Gasteiger partial charge in [-0.05, 0) is 67.5 Å². The highest BCUT2D eigenvalue weighted by Crippen LogP contribution is 2.27. The lowest BCUT2D eigenvalue weighted by Gasteiger charge is -2.25. The van der Waals surface area contributed by atoms with Crippen molar-refractivity contribution in [2.75, 3.05) is 6.61 Å². The Morgan fingerprint density at radius 1 is 1.00 bits per heavy atom. The Bertz CT molecular complexity index is 1230. The van der Waals surface area contributed by atoms with E-state index in [1.165, 1.54) is 5.56 Å². The summed E-state index contributed by atoms with van der Waals surface area (Å²) in [7, 11) is 1.84. The minimum Gasteiger partial charge on any atom is -0.476 e. The summed E-state index contributed by atoms with van der Waals surface area (Å²) in [6.07, 6.45) is 0. The Morgan fingerprint density at radius 3 is 2.25 bits per heavy atom. The lowest BCUT2D eigenvalue weighted by molar-refractivity contribution is -0.158. The summed E-state index contributed by atoms with van der Waals surface area (Å²) < 4.78 is 12.7. The van der Waals surface area contributed by atoms with Crippen molar-refractivity contribution in [3.05, 3.63) is 70.9 Å². The van der Waals surface area contributed by atoms with E-state index in [2.05, 4.69) is 55.5 Å². The summed E-state index contributed by atoms with van der Waals surface area (Å²) in [4.78, 5) is 24.9. The van der Waals surface area contributed by atoms with Gasteiger partial charge < -0.3 is 14.8 Å². The lowest BCUT2D eigenvalue weighted by atomic mass is 9.86. The third kappa shape index (κ3) is 6.33. The van der Waals surface area contributed by atoms with E-state index in [0.717, 1.165) is 22.4 Å². The number of rotatable bonds is 8. The molecule has 0 spiro atoms. The van der Waals surface area contributed by atoms with Crippen LogP contribution in [0, 0.1) is 6.92 Å². The monoisotopic (exact) mass is 491 g/mol. The predicted molar refractivity (Wildman–Crippen MR) is 141 cm³/mol. The van der Waals surface area contributed by atoms with Gasteiger partial charge in [-0.25, -0.2) is 4.79 Å². The molecule has 0 radical (unpaired) electrons. The van der Waals surface area contributed by atoms with Crippen molar-refractivity contribution in [2.45, 2.75) is 66.0 Å². The van der Waals surface area contributed by atoms with Crippen LogP contribution >= 0.6 is 0 Å². The number of aromatic nitrogens is 2. The minimum absolute atomic E-state index is 0.0792. The number of benzene rings is 2. The molecule has 1 amide bonds. The number of hydrogen-bond acceptors (Lipinski definition) is 5. The molecule has 0 aliphatic rings. The summed E-state index contributed by atoms with van der Waals surface area (Å²) in [5.41, 5.74) is 4.25. The topological polar surface area (TPSA) is 82.5 Å². The summed E-state index contributed by atoms with van der Waals surface area (Å²) in [5, 5.41) is 7.35. The molecule has 1 N–H and O–H groups in total. The molecule has 0 bridgehead atoms. The predicted octanol–water partition coefficient (Wildman–Crippen LogP) is 5.34. The molecule has 2 aromatic carbocycles. The number of ether oxygens (including phenoxy) is 2. The molecule has 0 saturated carbocycles. The summed E-state index contributed by atoms with van der Waals surface area (Å²) in [6, 6.07) is 15.8. The van der Waals surface area contributed by atoms with Crippen LogP contribution < -0.4 is 10.1 Å². The van der Waals surface area contributed by atoms with Crippen LogP contribution in [-0.4, -0.2) is 33.9 Å². The van der Waals surface area contributed by atoms with Crippen LogP contribution in [0.3, 0.4) is 0 Å². The largest absolute Gasteiger partial charge is 0.476 e. The van der Waals surface area contributed by atoms with E-state index < -0.39 is 11.6 Å². The van der Waals surface area contributed by atoms with Gasteiger partial charge in [0.2, 0.25) is 0 Å². The van der Waals surface area contributed by atoms with E-state index in [4.69, 9.17) is 9.47 Å². The molecule has 192 valence electrons. The standard InChI is InChI=1S/C29H37N3O4/c1-9-35-27(34)29(6,7)36-25-15-10-20(16-19(25)2)18-30-26(33)23-17-24(32(8)31-23)21-11-13-22(14-12-21)28(3,4)5/h10-17H,9,18H2,1-8H3,(H,30,33). The van der Waals surface area contributed by atoms with Crippen molar-refractivity contribution in [1.82, 2.24) is 15.1 Å². The first-order valence-corrected chi connectivity index (χ1v) is 12.2. The van der Waals surface area contributed by atoms with Gasteiger partial charge in [0.25, 0.3) is 5.91 Å². The van der Waals surface area contributed by atoms with E-state index in [1.807, 2.05) is 26.1 Å². The van der Waals surface area contributed by atoms with Crippen molar-refractivity contribution >= 4 is 11.9 Å². The van der Waals surface area contributed by atoms with E-state index in [1.54, 1.807) is 37.6 Å². The fraction of sp³-hybridized carbons (Fsp3) is 0.414. The number of carbonyl (C=O) groups is 2. The highest BCUT2D eigenvalue weighted by Gasteiger charge is 2.32. The minimum atomic E-state index is -1.10. The molecule has 36 heavy (non-hydrogen) atoms. The molecule has 0 saturated heterocycles. The van der Waals surface area contributed by atoms with Crippen LogP contribution in [0.15, 0.2) is 48.5 Å². The van der Waals surface area contributed by atoms with E-state index in [-0.39, 0.29) is 11.3 Å². The van der Waals surface area contributed by atoms with Gasteiger partial charge >= 0.3 is 5.97 Å². The molecule has 7 nitrogen and oxygen atoms in total. The molecule has 0 atom stereocenters. The van der Waals surface area contributed by atoms with Crippen molar-refractivity contribution in [3.63, 3.8) is 0 Å². The van der Waals surface area contributed by atoms with Crippen molar-refractivity contribution in [3.8, 4) is 17.0 Å². The van der Waals surface area contributed by atoms with Gasteiger partial charge in [-0.3, -0.25) is 9.48 Å². The number of amides is 1. The molecular weight excluding hydrogens is 454 g/mol. The summed E-state index contributed by atoms with van der Waals surface area (Å²) in [6.45, 7) is 14.2. The summed E-state index contributed by atoms with van der Waals surface area (Å²) >= 11 is 0. The number of hydrogen-bond donors (Lipinski definition) is 1. The molecular formula is C29H37N3O4. The van der Waals surface area contributed by atoms with Crippen LogP contribution in [0.1, 0.15) is 68.7 Å². The number of nitrogens with zero attached hydrogens (tertiary/aromatic N) is 2. The van der Waals surface area contributed by atoms with Crippen molar-refractivity contribution in [2.24, 2.45) is 7.05 Å². The highest BCUT2D eigenvalue weighted by molar-refractivity contribution is 5.93. The Labute approximate surface area is 213 Å². The SMILES string of the molecule is CCOC(=O)C(C)(C)Oc1ccc(CNC(=O)c2cc(-c3ccc(C(C)(C)C)cc3)n(C)n2)cc1C. The van der Waals surface area contributed by atoms with Crippen LogP contribution in [-0.2, 0) is 28.5 Å². The quantitative estimate of drug-likeness (QED) is 0.430. The van der Waals surface area contributed by atoms with Crippen LogP contribution in [0.2, 0.25) is 0 Å². The normalized spacial score (nSPS) is 11.8. The van der Waals surface area contributed by atoms with Gasteiger partial charge in [0.15, 0.2) is 11.3 Å². The van der Waals surface area contributed by atoms with E-state index >= 15 is 0 Å². The molecule has 0 fully saturated rings. The Balaban J connectivity index is 1.66. The zero-order chi connectivity index (χ0) is 26.7. The Hall–Kier alpha value is -3.61. The third-order valence-electron chi connectivity index (χ3n) is 5.98. The second-order valence-corrected chi connectivity index (χ2v) is 10.5. The molecule has 0 unspecified atom stereocenters. The Kier molecular flexibility index (Phi) is 7.92. The van der Waals surface area contributed by atoms with E-state index in [0.29, 0.717) is 24.6 Å². The fourth-order valence-corrected chi connectivity index (χ4v) is 3.82. The highest BCUT2D eigenvalue weighted by atomic mass is 16.6. The molecule has 1 heterocycles. The zero-order valence-corrected chi connectivity index (χ0v) is 22.6. The number of carbonyl (C=O) groups excluding carboxylic acids is 2. The third-order valence-corrected chi connectivity index (χ3v) is 5.98. The molecule has 7 heteroatoms. The number of aryl methyl sites for hydroxylation is 2. The molecule has 0 aliphatic carbocycles. The van der Waals surface area contributed by atoms with Crippen LogP contribution in [0.5, 0.6) is 5.75 Å². The zero-order valence-electron chi connectivity index (χ0n) is 22.6. The molecule has 3 aromatic rings. The van der Waals surface area contributed by atoms with Crippen LogP contribution in [0.25, 0.3) is 11.3 Å². The van der Waals surface area contributed by atoms with Crippen molar-refractivity contribution in [1.29, 1.82) is 0 Å². The van der Waals surface area contributed by atoms with Gasteiger partial charge in [0.05, 0.1) is 12.3 Å². The first-order valence-electron chi connectivity index (χ1n) is 12.2. The smallest absolute Gasteiger partial charge is 0.349 e. The van der Waals surface area contributed by atoms with Crippen molar-refractivity contribution < 1.29 is 19.1 Å². The average Bonchev–Trinajstić information content (AvgIpc) is 3.20. The lowest BCUT2D eigenvalue weighted by Crippen LogP contribution is -2.39. The second-order valence-electron chi connectivity index (χ2n) is 10.5. The van der Waals surface area contributed by atoms with E-state index in [9.17, 15) is 9.59 Å². The van der Waals surface area contributed by atoms with Gasteiger partial charge in [-0.15, -0.1) is 0 Å². The Morgan fingerprint density at radius 2 is 1.67 bits per heavy atom. The van der Waals surface area contributed by atoms with Gasteiger partial charge in [0, 0.05) is 13.6 Å². The van der Waals surface area contributed by atoms with Gasteiger partial charge in [-0.2, -0.15) is 5.10 Å². The fourth-order valence-electron chi connectivity index (χ4n) is 3.82. The average molecular weight is 492 g/mol. The maximum Gasteiger partial charge on any atom is 0.349 e. The molecule has 1 aromatic heterocycles.